The van der Waals surface area contributed by atoms with Gasteiger partial charge in [-0.3, -0.25) is 14.4 Å². The van der Waals surface area contributed by atoms with Gasteiger partial charge >= 0.3 is 0 Å². The van der Waals surface area contributed by atoms with Crippen molar-refractivity contribution < 1.29 is 14.4 Å². The number of carbonyl (C=O) groups excluding carboxylic acids is 3. The van der Waals surface area contributed by atoms with Gasteiger partial charge in [0, 0.05) is 41.7 Å². The van der Waals surface area contributed by atoms with Crippen LogP contribution in [0.15, 0.2) is 66.0 Å². The summed E-state index contributed by atoms with van der Waals surface area (Å²) in [7, 11) is 0. The second kappa shape index (κ2) is 11.8. The van der Waals surface area contributed by atoms with E-state index in [4.69, 9.17) is 0 Å². The lowest BCUT2D eigenvalue weighted by Gasteiger charge is -2.09. The summed E-state index contributed by atoms with van der Waals surface area (Å²) in [5.74, 6) is -0.350. The third-order valence-corrected chi connectivity index (χ3v) is 5.73. The van der Waals surface area contributed by atoms with E-state index >= 15 is 0 Å². The molecule has 0 aliphatic carbocycles. The van der Waals surface area contributed by atoms with Gasteiger partial charge in [-0.2, -0.15) is 0 Å². The summed E-state index contributed by atoms with van der Waals surface area (Å²) in [6.07, 6.45) is 2.80. The Balaban J connectivity index is 1.43. The molecule has 0 unspecified atom stereocenters. The second-order valence-electron chi connectivity index (χ2n) is 7.45. The first-order valence-corrected chi connectivity index (χ1v) is 11.4. The molecule has 0 bridgehead atoms. The minimum Gasteiger partial charge on any atom is -0.352 e. The predicted molar refractivity (Wildman–Crippen MR) is 129 cm³/mol. The smallest absolute Gasteiger partial charge is 0.251 e. The van der Waals surface area contributed by atoms with Crippen molar-refractivity contribution in [2.75, 3.05) is 17.2 Å². The van der Waals surface area contributed by atoms with Crippen LogP contribution in [0.25, 0.3) is 0 Å². The lowest BCUT2D eigenvalue weighted by molar-refractivity contribution is -0.116. The van der Waals surface area contributed by atoms with Gasteiger partial charge in [0.1, 0.15) is 0 Å². The normalized spacial score (nSPS) is 10.4. The Morgan fingerprint density at radius 3 is 2.41 bits per heavy atom. The fourth-order valence-electron chi connectivity index (χ4n) is 3.22. The highest BCUT2D eigenvalue weighted by Gasteiger charge is 2.08. The number of amides is 3. The maximum absolute atomic E-state index is 12.5. The number of hydrogen-bond acceptors (Lipinski definition) is 4. The minimum absolute atomic E-state index is 0.0539. The third kappa shape index (κ3) is 7.67. The Morgan fingerprint density at radius 1 is 0.875 bits per heavy atom. The van der Waals surface area contributed by atoms with Crippen LogP contribution in [0.4, 0.5) is 11.4 Å². The summed E-state index contributed by atoms with van der Waals surface area (Å²) in [5.41, 5.74) is 2.92. The van der Waals surface area contributed by atoms with E-state index in [1.165, 1.54) is 11.8 Å². The predicted octanol–water partition coefficient (Wildman–Crippen LogP) is 4.64. The van der Waals surface area contributed by atoms with E-state index in [1.807, 2.05) is 35.7 Å². The van der Waals surface area contributed by atoms with Crippen LogP contribution in [0.3, 0.4) is 0 Å². The average molecular weight is 450 g/mol. The quantitative estimate of drug-likeness (QED) is 0.421. The Kier molecular flexibility index (Phi) is 8.57. The van der Waals surface area contributed by atoms with Crippen molar-refractivity contribution in [3.05, 3.63) is 82.0 Å². The number of nitrogens with one attached hydrogen (secondary N) is 3. The largest absolute Gasteiger partial charge is 0.352 e. The number of anilines is 2. The summed E-state index contributed by atoms with van der Waals surface area (Å²) < 4.78 is 0. The molecule has 32 heavy (non-hydrogen) atoms. The third-order valence-electron chi connectivity index (χ3n) is 4.79. The molecule has 6 nitrogen and oxygen atoms in total. The minimum atomic E-state index is -0.186. The molecule has 3 N–H and O–H groups in total. The first-order chi connectivity index (χ1) is 15.5. The molecule has 1 aromatic heterocycles. The molecule has 0 saturated heterocycles. The van der Waals surface area contributed by atoms with Crippen molar-refractivity contribution in [1.82, 2.24) is 5.32 Å². The van der Waals surface area contributed by atoms with Crippen LogP contribution < -0.4 is 16.0 Å². The van der Waals surface area contributed by atoms with Crippen LogP contribution in [0.1, 0.15) is 40.6 Å². The Bertz CT molecular complexity index is 1050. The number of thiophene rings is 1. The monoisotopic (exact) mass is 449 g/mol. The van der Waals surface area contributed by atoms with Crippen molar-refractivity contribution in [2.24, 2.45) is 0 Å². The summed E-state index contributed by atoms with van der Waals surface area (Å²) in [4.78, 5) is 37.0. The Hall–Kier alpha value is -3.45. The zero-order valence-electron chi connectivity index (χ0n) is 18.0. The molecule has 0 saturated carbocycles. The maximum atomic E-state index is 12.5. The molecule has 1 heterocycles. The van der Waals surface area contributed by atoms with Gasteiger partial charge in [0.2, 0.25) is 11.8 Å². The van der Waals surface area contributed by atoms with Crippen molar-refractivity contribution in [3.63, 3.8) is 0 Å². The van der Waals surface area contributed by atoms with E-state index in [-0.39, 0.29) is 17.7 Å². The molecule has 3 aromatic rings. The van der Waals surface area contributed by atoms with Crippen LogP contribution in [0.2, 0.25) is 0 Å². The summed E-state index contributed by atoms with van der Waals surface area (Å²) in [5, 5.41) is 10.5. The molecule has 0 radical (unpaired) electrons. The van der Waals surface area contributed by atoms with Gasteiger partial charge in [-0.15, -0.1) is 11.3 Å². The zero-order chi connectivity index (χ0) is 22.8. The number of carbonyl (C=O) groups is 3. The lowest BCUT2D eigenvalue weighted by atomic mass is 10.1. The fourth-order valence-corrected chi connectivity index (χ4v) is 3.97. The van der Waals surface area contributed by atoms with Gasteiger partial charge in [0.05, 0.1) is 0 Å². The highest BCUT2D eigenvalue weighted by atomic mass is 32.1. The van der Waals surface area contributed by atoms with Gasteiger partial charge in [0.15, 0.2) is 0 Å². The van der Waals surface area contributed by atoms with Crippen LogP contribution in [0, 0.1) is 0 Å². The van der Waals surface area contributed by atoms with E-state index in [1.54, 1.807) is 35.6 Å². The lowest BCUT2D eigenvalue weighted by Crippen LogP contribution is -2.25. The molecule has 0 spiro atoms. The molecular weight excluding hydrogens is 422 g/mol. The topological polar surface area (TPSA) is 87.3 Å². The zero-order valence-corrected chi connectivity index (χ0v) is 18.8. The molecule has 0 fully saturated rings. The fraction of sp³-hybridized carbons (Fsp3) is 0.240. The molecule has 3 amide bonds. The molecule has 3 rings (SSSR count). The summed E-state index contributed by atoms with van der Waals surface area (Å²) in [6.45, 7) is 1.95. The first kappa shape index (κ1) is 23.2. The van der Waals surface area contributed by atoms with Crippen LogP contribution in [0.5, 0.6) is 0 Å². The van der Waals surface area contributed by atoms with Crippen LogP contribution in [-0.4, -0.2) is 24.3 Å². The average Bonchev–Trinajstić information content (AvgIpc) is 3.28. The van der Waals surface area contributed by atoms with E-state index in [2.05, 4.69) is 22.0 Å². The van der Waals surface area contributed by atoms with Crippen LogP contribution in [-0.2, 0) is 22.4 Å². The Labute approximate surface area is 192 Å². The van der Waals surface area contributed by atoms with Gasteiger partial charge in [-0.1, -0.05) is 24.3 Å². The maximum Gasteiger partial charge on any atom is 0.251 e. The Morgan fingerprint density at radius 2 is 1.69 bits per heavy atom. The van der Waals surface area contributed by atoms with Crippen molar-refractivity contribution in [3.8, 4) is 0 Å². The van der Waals surface area contributed by atoms with Gasteiger partial charge < -0.3 is 16.0 Å². The molecule has 0 aliphatic rings. The molecule has 0 aliphatic heterocycles. The number of aryl methyl sites for hydroxylation is 1. The van der Waals surface area contributed by atoms with Crippen molar-refractivity contribution >= 4 is 40.4 Å². The van der Waals surface area contributed by atoms with Gasteiger partial charge in [-0.05, 0) is 66.6 Å². The first-order valence-electron chi connectivity index (χ1n) is 10.6. The molecular formula is C25H27N3O3S. The van der Waals surface area contributed by atoms with Crippen molar-refractivity contribution in [2.45, 2.75) is 32.6 Å². The molecule has 166 valence electrons. The summed E-state index contributed by atoms with van der Waals surface area (Å²) >= 11 is 1.70. The van der Waals surface area contributed by atoms with Gasteiger partial charge in [-0.25, -0.2) is 0 Å². The van der Waals surface area contributed by atoms with E-state index < -0.39 is 0 Å². The highest BCUT2D eigenvalue weighted by Crippen LogP contribution is 2.14. The van der Waals surface area contributed by atoms with Gasteiger partial charge in [0.25, 0.3) is 5.91 Å². The van der Waals surface area contributed by atoms with E-state index in [0.29, 0.717) is 30.6 Å². The summed E-state index contributed by atoms with van der Waals surface area (Å²) in [6, 6.07) is 18.6. The van der Waals surface area contributed by atoms with Crippen molar-refractivity contribution in [1.29, 1.82) is 0 Å². The molecule has 0 atom stereocenters. The molecule has 7 heteroatoms. The molecule has 2 aromatic carbocycles. The number of rotatable bonds is 10. The SMILES string of the molecule is CC(=O)Nc1ccc(CCNC(=O)c2cccc(NC(=O)CCCc3cccs3)c2)cc1. The standard InChI is InChI=1S/C25H27N3O3S/c1-18(29)27-21-12-10-19(11-13-21)14-15-26-25(31)20-5-2-6-22(17-20)28-24(30)9-3-7-23-8-4-16-32-23/h2,4-6,8,10-13,16-17H,3,7,9,14-15H2,1H3,(H,26,31)(H,27,29)(H,28,30). The highest BCUT2D eigenvalue weighted by molar-refractivity contribution is 7.09. The van der Waals surface area contributed by atoms with E-state index in [0.717, 1.165) is 24.1 Å². The second-order valence-corrected chi connectivity index (χ2v) is 8.48. The van der Waals surface area contributed by atoms with E-state index in [9.17, 15) is 14.4 Å². The van der Waals surface area contributed by atoms with Crippen LogP contribution >= 0.6 is 11.3 Å². The number of hydrogen-bond donors (Lipinski definition) is 3. The number of benzene rings is 2.